The predicted octanol–water partition coefficient (Wildman–Crippen LogP) is 2.06. The van der Waals surface area contributed by atoms with E-state index in [1.165, 1.54) is 23.2 Å². The van der Waals surface area contributed by atoms with Gasteiger partial charge in [0.1, 0.15) is 5.82 Å². The number of amides is 1. The average Bonchev–Trinajstić information content (AvgIpc) is 2.69. The lowest BCUT2D eigenvalue weighted by Crippen LogP contribution is -2.45. The van der Waals surface area contributed by atoms with Crippen LogP contribution in [0.25, 0.3) is 0 Å². The summed E-state index contributed by atoms with van der Waals surface area (Å²) in [5.41, 5.74) is 1.31. The largest absolute Gasteiger partial charge is 0.357 e. The fraction of sp³-hybridized carbons (Fsp3) is 0.476. The maximum Gasteiger partial charge on any atom is 0.332 e. The Labute approximate surface area is 164 Å². The Balaban J connectivity index is 1.74. The number of aromatic nitrogens is 2. The van der Waals surface area contributed by atoms with E-state index in [0.717, 1.165) is 23.1 Å². The van der Waals surface area contributed by atoms with Crippen molar-refractivity contribution in [3.05, 3.63) is 56.7 Å². The SMILES string of the molecule is CC(C)c1ccc(NC(=O)C2CCCN(c3cc(=O)n(C)c(=O)n3C)C2)cc1. The molecule has 2 heterocycles. The molecule has 28 heavy (non-hydrogen) atoms. The fourth-order valence-corrected chi connectivity index (χ4v) is 3.62. The molecule has 1 unspecified atom stereocenters. The first-order valence-electron chi connectivity index (χ1n) is 9.70. The third-order valence-electron chi connectivity index (χ3n) is 5.46. The Kier molecular flexibility index (Phi) is 5.72. The van der Waals surface area contributed by atoms with E-state index >= 15 is 0 Å². The van der Waals surface area contributed by atoms with Gasteiger partial charge in [-0.15, -0.1) is 0 Å². The molecule has 1 aliphatic rings. The van der Waals surface area contributed by atoms with E-state index in [2.05, 4.69) is 19.2 Å². The van der Waals surface area contributed by atoms with Crippen molar-refractivity contribution >= 4 is 17.4 Å². The smallest absolute Gasteiger partial charge is 0.332 e. The lowest BCUT2D eigenvalue weighted by Gasteiger charge is -2.34. The van der Waals surface area contributed by atoms with Gasteiger partial charge in [0, 0.05) is 38.9 Å². The molecule has 0 radical (unpaired) electrons. The number of anilines is 2. The van der Waals surface area contributed by atoms with E-state index in [-0.39, 0.29) is 23.1 Å². The number of carbonyl (C=O) groups is 1. The van der Waals surface area contributed by atoms with Gasteiger partial charge in [0.15, 0.2) is 0 Å². The lowest BCUT2D eigenvalue weighted by molar-refractivity contribution is -0.120. The van der Waals surface area contributed by atoms with Crippen LogP contribution in [0.1, 0.15) is 38.2 Å². The number of benzene rings is 1. The van der Waals surface area contributed by atoms with Gasteiger partial charge in [-0.2, -0.15) is 0 Å². The molecule has 1 fully saturated rings. The van der Waals surface area contributed by atoms with E-state index < -0.39 is 0 Å². The Hall–Kier alpha value is -2.83. The van der Waals surface area contributed by atoms with Crippen LogP contribution in [-0.4, -0.2) is 28.1 Å². The minimum Gasteiger partial charge on any atom is -0.357 e. The van der Waals surface area contributed by atoms with Crippen molar-refractivity contribution in [3.8, 4) is 0 Å². The molecule has 3 rings (SSSR count). The van der Waals surface area contributed by atoms with Gasteiger partial charge < -0.3 is 10.2 Å². The highest BCUT2D eigenvalue weighted by atomic mass is 16.2. The van der Waals surface area contributed by atoms with Gasteiger partial charge in [-0.25, -0.2) is 4.79 Å². The molecule has 150 valence electrons. The Morgan fingerprint density at radius 1 is 1.11 bits per heavy atom. The van der Waals surface area contributed by atoms with Gasteiger partial charge in [0.2, 0.25) is 5.91 Å². The molecule has 1 atom stereocenters. The van der Waals surface area contributed by atoms with Gasteiger partial charge in [-0.05, 0) is 36.5 Å². The van der Waals surface area contributed by atoms with Crippen molar-refractivity contribution in [1.82, 2.24) is 9.13 Å². The molecule has 1 aromatic carbocycles. The monoisotopic (exact) mass is 384 g/mol. The molecule has 1 aliphatic heterocycles. The van der Waals surface area contributed by atoms with E-state index in [9.17, 15) is 14.4 Å². The van der Waals surface area contributed by atoms with Gasteiger partial charge in [-0.1, -0.05) is 26.0 Å². The quantitative estimate of drug-likeness (QED) is 0.875. The minimum atomic E-state index is -0.362. The summed E-state index contributed by atoms with van der Waals surface area (Å²) >= 11 is 0. The third kappa shape index (κ3) is 4.03. The first-order valence-corrected chi connectivity index (χ1v) is 9.70. The molecule has 7 heteroatoms. The summed E-state index contributed by atoms with van der Waals surface area (Å²) in [4.78, 5) is 39.0. The molecule has 0 aliphatic carbocycles. The molecule has 2 aromatic rings. The van der Waals surface area contributed by atoms with E-state index in [1.54, 1.807) is 7.05 Å². The third-order valence-corrected chi connectivity index (χ3v) is 5.46. The molecule has 1 aromatic heterocycles. The van der Waals surface area contributed by atoms with Gasteiger partial charge in [0.25, 0.3) is 5.56 Å². The number of rotatable bonds is 4. The van der Waals surface area contributed by atoms with Crippen molar-refractivity contribution in [2.24, 2.45) is 20.0 Å². The first-order chi connectivity index (χ1) is 13.3. The van der Waals surface area contributed by atoms with E-state index in [4.69, 9.17) is 0 Å². The summed E-state index contributed by atoms with van der Waals surface area (Å²) in [6.45, 7) is 5.46. The summed E-state index contributed by atoms with van der Waals surface area (Å²) in [6.07, 6.45) is 1.61. The lowest BCUT2D eigenvalue weighted by atomic mass is 9.96. The normalized spacial score (nSPS) is 17.0. The maximum absolute atomic E-state index is 12.8. The van der Waals surface area contributed by atoms with E-state index in [0.29, 0.717) is 24.8 Å². The van der Waals surface area contributed by atoms with Crippen LogP contribution >= 0.6 is 0 Å². The van der Waals surface area contributed by atoms with Crippen LogP contribution in [-0.2, 0) is 18.9 Å². The molecular weight excluding hydrogens is 356 g/mol. The van der Waals surface area contributed by atoms with Crippen LogP contribution in [0, 0.1) is 5.92 Å². The molecule has 0 saturated carbocycles. The standard InChI is InChI=1S/C21H28N4O3/c1-14(2)15-7-9-17(10-8-15)22-20(27)16-6-5-11-25(13-16)18-12-19(26)24(4)21(28)23(18)3/h7-10,12,14,16H,5-6,11,13H2,1-4H3,(H,22,27). The van der Waals surface area contributed by atoms with Crippen molar-refractivity contribution < 1.29 is 4.79 Å². The highest BCUT2D eigenvalue weighted by molar-refractivity contribution is 5.93. The molecule has 1 saturated heterocycles. The number of carbonyl (C=O) groups excluding carboxylic acids is 1. The number of hydrogen-bond donors (Lipinski definition) is 1. The molecule has 0 bridgehead atoms. The summed E-state index contributed by atoms with van der Waals surface area (Å²) in [6, 6.07) is 9.38. The van der Waals surface area contributed by atoms with Crippen LogP contribution in [0.5, 0.6) is 0 Å². The minimum absolute atomic E-state index is 0.0316. The van der Waals surface area contributed by atoms with Crippen molar-refractivity contribution in [2.45, 2.75) is 32.6 Å². The summed E-state index contributed by atoms with van der Waals surface area (Å²) in [5, 5.41) is 3.00. The summed E-state index contributed by atoms with van der Waals surface area (Å²) < 4.78 is 2.55. The molecule has 1 N–H and O–H groups in total. The van der Waals surface area contributed by atoms with Crippen LogP contribution in [0.2, 0.25) is 0 Å². The first kappa shape index (κ1) is 19.9. The van der Waals surface area contributed by atoms with Crippen LogP contribution < -0.4 is 21.5 Å². The zero-order valence-corrected chi connectivity index (χ0v) is 16.9. The number of piperidine rings is 1. The van der Waals surface area contributed by atoms with E-state index in [1.807, 2.05) is 29.2 Å². The van der Waals surface area contributed by atoms with Crippen molar-refractivity contribution in [1.29, 1.82) is 0 Å². The van der Waals surface area contributed by atoms with Crippen LogP contribution in [0.4, 0.5) is 11.5 Å². The highest BCUT2D eigenvalue weighted by Gasteiger charge is 2.27. The topological polar surface area (TPSA) is 76.3 Å². The summed E-state index contributed by atoms with van der Waals surface area (Å²) in [5.74, 6) is 0.780. The number of hydrogen-bond acceptors (Lipinski definition) is 4. The Bertz CT molecular complexity index is 973. The number of nitrogens with zero attached hydrogens (tertiary/aromatic N) is 3. The predicted molar refractivity (Wildman–Crippen MR) is 111 cm³/mol. The highest BCUT2D eigenvalue weighted by Crippen LogP contribution is 2.23. The van der Waals surface area contributed by atoms with Gasteiger partial charge >= 0.3 is 5.69 Å². The van der Waals surface area contributed by atoms with Crippen LogP contribution in [0.3, 0.4) is 0 Å². The number of nitrogens with one attached hydrogen (secondary N) is 1. The summed E-state index contributed by atoms with van der Waals surface area (Å²) in [7, 11) is 3.11. The second kappa shape index (κ2) is 8.04. The average molecular weight is 384 g/mol. The molecular formula is C21H28N4O3. The zero-order chi connectivity index (χ0) is 20.4. The Morgan fingerprint density at radius 2 is 1.79 bits per heavy atom. The maximum atomic E-state index is 12.8. The molecule has 1 amide bonds. The van der Waals surface area contributed by atoms with Gasteiger partial charge in [0.05, 0.1) is 5.92 Å². The Morgan fingerprint density at radius 3 is 2.43 bits per heavy atom. The van der Waals surface area contributed by atoms with Crippen LogP contribution in [0.15, 0.2) is 39.9 Å². The zero-order valence-electron chi connectivity index (χ0n) is 16.9. The fourth-order valence-electron chi connectivity index (χ4n) is 3.62. The van der Waals surface area contributed by atoms with Crippen molar-refractivity contribution in [3.63, 3.8) is 0 Å². The van der Waals surface area contributed by atoms with Gasteiger partial charge in [-0.3, -0.25) is 18.7 Å². The second-order valence-electron chi connectivity index (χ2n) is 7.79. The van der Waals surface area contributed by atoms with Crippen molar-refractivity contribution in [2.75, 3.05) is 23.3 Å². The molecule has 0 spiro atoms. The second-order valence-corrected chi connectivity index (χ2v) is 7.79. The molecule has 7 nitrogen and oxygen atoms in total.